The first-order valence-electron chi connectivity index (χ1n) is 6.91. The maximum absolute atomic E-state index is 12.8. The summed E-state index contributed by atoms with van der Waals surface area (Å²) >= 11 is 0. The van der Waals surface area contributed by atoms with Crippen molar-refractivity contribution in [2.45, 2.75) is 17.9 Å². The molecule has 1 aromatic carbocycles. The van der Waals surface area contributed by atoms with E-state index in [1.54, 1.807) is 12.3 Å². The predicted molar refractivity (Wildman–Crippen MR) is 82.3 cm³/mol. The normalized spacial score (nSPS) is 12.6. The van der Waals surface area contributed by atoms with Crippen molar-refractivity contribution in [2.75, 3.05) is 6.61 Å². The second-order valence-corrected chi connectivity index (χ2v) is 6.63. The van der Waals surface area contributed by atoms with Crippen LogP contribution >= 0.6 is 0 Å². The van der Waals surface area contributed by atoms with Crippen LogP contribution in [-0.2, 0) is 19.6 Å². The molecule has 0 aliphatic carbocycles. The third kappa shape index (κ3) is 4.49. The predicted octanol–water partition coefficient (Wildman–Crippen LogP) is 1.25. The molecule has 1 atom stereocenters. The van der Waals surface area contributed by atoms with Gasteiger partial charge in [0.05, 0.1) is 10.6 Å². The SMILES string of the molecule is C[C@H](NS(=O)(=O)c1ccc(F)cc1)C(=O)OCC(=O)c1ccc[nH]1. The molecule has 0 radical (unpaired) electrons. The smallest absolute Gasteiger partial charge is 0.324 e. The zero-order valence-electron chi connectivity index (χ0n) is 12.7. The van der Waals surface area contributed by atoms with E-state index in [-0.39, 0.29) is 10.6 Å². The number of esters is 1. The Labute approximate surface area is 137 Å². The first-order valence-corrected chi connectivity index (χ1v) is 8.39. The number of carbonyl (C=O) groups is 2. The number of aromatic amines is 1. The summed E-state index contributed by atoms with van der Waals surface area (Å²) in [7, 11) is -4.01. The lowest BCUT2D eigenvalue weighted by Crippen LogP contribution is -2.40. The highest BCUT2D eigenvalue weighted by atomic mass is 32.2. The van der Waals surface area contributed by atoms with Crippen LogP contribution in [-0.4, -0.2) is 37.8 Å². The summed E-state index contributed by atoms with van der Waals surface area (Å²) in [6.07, 6.45) is 1.55. The van der Waals surface area contributed by atoms with Crippen molar-refractivity contribution < 1.29 is 27.1 Å². The van der Waals surface area contributed by atoms with Gasteiger partial charge in [-0.15, -0.1) is 0 Å². The van der Waals surface area contributed by atoms with Gasteiger partial charge in [-0.2, -0.15) is 4.72 Å². The molecule has 1 aromatic heterocycles. The highest BCUT2D eigenvalue weighted by molar-refractivity contribution is 7.89. The molecule has 2 aromatic rings. The molecule has 0 amide bonds. The standard InChI is InChI=1S/C15H15FN2O5S/c1-10(15(20)23-9-14(19)13-3-2-8-17-13)18-24(21,22)12-6-4-11(16)5-7-12/h2-8,10,17-18H,9H2,1H3/t10-/m0/s1. The number of ketones is 1. The highest BCUT2D eigenvalue weighted by Crippen LogP contribution is 2.10. The van der Waals surface area contributed by atoms with E-state index < -0.39 is 40.2 Å². The maximum atomic E-state index is 12.8. The molecule has 2 rings (SSSR count). The van der Waals surface area contributed by atoms with Crippen LogP contribution in [0.5, 0.6) is 0 Å². The van der Waals surface area contributed by atoms with Gasteiger partial charge in [0, 0.05) is 6.20 Å². The van der Waals surface area contributed by atoms with E-state index in [1.807, 2.05) is 0 Å². The number of hydrogen-bond acceptors (Lipinski definition) is 5. The van der Waals surface area contributed by atoms with Crippen LogP contribution in [0.4, 0.5) is 4.39 Å². The zero-order chi connectivity index (χ0) is 17.7. The van der Waals surface area contributed by atoms with Crippen molar-refractivity contribution in [3.05, 3.63) is 54.1 Å². The number of benzene rings is 1. The Morgan fingerprint density at radius 3 is 2.50 bits per heavy atom. The number of H-pyrrole nitrogens is 1. The van der Waals surface area contributed by atoms with Gasteiger partial charge in [0.1, 0.15) is 11.9 Å². The monoisotopic (exact) mass is 354 g/mol. The molecule has 0 aliphatic heterocycles. The topological polar surface area (TPSA) is 105 Å². The van der Waals surface area contributed by atoms with Gasteiger partial charge in [0.15, 0.2) is 6.61 Å². The number of halogens is 1. The minimum absolute atomic E-state index is 0.189. The molecule has 1 heterocycles. The minimum Gasteiger partial charge on any atom is -0.456 e. The number of sulfonamides is 1. The molecule has 0 saturated heterocycles. The molecule has 0 fully saturated rings. The quantitative estimate of drug-likeness (QED) is 0.575. The Hall–Kier alpha value is -2.52. The summed E-state index contributed by atoms with van der Waals surface area (Å²) in [6.45, 7) is 0.768. The summed E-state index contributed by atoms with van der Waals surface area (Å²) < 4.78 is 43.9. The van der Waals surface area contributed by atoms with Crippen LogP contribution in [0.25, 0.3) is 0 Å². The number of carbonyl (C=O) groups excluding carboxylic acids is 2. The lowest BCUT2D eigenvalue weighted by Gasteiger charge is -2.13. The van der Waals surface area contributed by atoms with Gasteiger partial charge in [0.2, 0.25) is 15.8 Å². The summed E-state index contributed by atoms with van der Waals surface area (Å²) in [5.74, 6) is -1.92. The summed E-state index contributed by atoms with van der Waals surface area (Å²) in [5, 5.41) is 0. The van der Waals surface area contributed by atoms with E-state index in [4.69, 9.17) is 4.74 Å². The lowest BCUT2D eigenvalue weighted by molar-refractivity contribution is -0.144. The summed E-state index contributed by atoms with van der Waals surface area (Å²) in [5.41, 5.74) is 0.280. The molecule has 0 unspecified atom stereocenters. The van der Waals surface area contributed by atoms with Crippen LogP contribution < -0.4 is 4.72 Å². The van der Waals surface area contributed by atoms with Crippen molar-refractivity contribution in [3.8, 4) is 0 Å². The van der Waals surface area contributed by atoms with Crippen molar-refractivity contribution in [1.82, 2.24) is 9.71 Å². The highest BCUT2D eigenvalue weighted by Gasteiger charge is 2.24. The van der Waals surface area contributed by atoms with Gasteiger partial charge in [-0.1, -0.05) is 0 Å². The third-order valence-corrected chi connectivity index (χ3v) is 4.61. The Balaban J connectivity index is 1.93. The van der Waals surface area contributed by atoms with Crippen LogP contribution in [0, 0.1) is 5.82 Å². The number of ether oxygens (including phenoxy) is 1. The lowest BCUT2D eigenvalue weighted by atomic mass is 10.3. The van der Waals surface area contributed by atoms with E-state index in [0.717, 1.165) is 24.3 Å². The van der Waals surface area contributed by atoms with Crippen LogP contribution in [0.2, 0.25) is 0 Å². The summed E-state index contributed by atoms with van der Waals surface area (Å²) in [4.78, 5) is 26.0. The number of hydrogen-bond donors (Lipinski definition) is 2. The van der Waals surface area contributed by atoms with E-state index in [1.165, 1.54) is 13.0 Å². The van der Waals surface area contributed by atoms with E-state index >= 15 is 0 Å². The van der Waals surface area contributed by atoms with E-state index in [0.29, 0.717) is 0 Å². The Bertz CT molecular complexity index is 816. The average Bonchev–Trinajstić information content (AvgIpc) is 3.06. The Morgan fingerprint density at radius 1 is 1.25 bits per heavy atom. The number of Topliss-reactive ketones (excluding diaryl/α,β-unsaturated/α-hetero) is 1. The Morgan fingerprint density at radius 2 is 1.92 bits per heavy atom. The molecule has 2 N–H and O–H groups in total. The number of rotatable bonds is 7. The van der Waals surface area contributed by atoms with Crippen molar-refractivity contribution in [3.63, 3.8) is 0 Å². The van der Waals surface area contributed by atoms with Crippen molar-refractivity contribution >= 4 is 21.8 Å². The molecule has 128 valence electrons. The minimum atomic E-state index is -4.01. The van der Waals surface area contributed by atoms with Gasteiger partial charge in [-0.05, 0) is 43.3 Å². The van der Waals surface area contributed by atoms with Crippen LogP contribution in [0.15, 0.2) is 47.5 Å². The fourth-order valence-electron chi connectivity index (χ4n) is 1.81. The van der Waals surface area contributed by atoms with Gasteiger partial charge in [0.25, 0.3) is 0 Å². The van der Waals surface area contributed by atoms with Crippen LogP contribution in [0.3, 0.4) is 0 Å². The van der Waals surface area contributed by atoms with Gasteiger partial charge in [-0.3, -0.25) is 9.59 Å². The molecule has 0 saturated carbocycles. The molecule has 7 nitrogen and oxygen atoms in total. The maximum Gasteiger partial charge on any atom is 0.324 e. The van der Waals surface area contributed by atoms with Gasteiger partial charge >= 0.3 is 5.97 Å². The van der Waals surface area contributed by atoms with Crippen molar-refractivity contribution in [2.24, 2.45) is 0 Å². The summed E-state index contributed by atoms with van der Waals surface area (Å²) in [6, 6.07) is 6.07. The number of nitrogens with one attached hydrogen (secondary N) is 2. The molecule has 24 heavy (non-hydrogen) atoms. The molecule has 9 heteroatoms. The number of aromatic nitrogens is 1. The Kier molecular flexibility index (Phi) is 5.47. The zero-order valence-corrected chi connectivity index (χ0v) is 13.5. The van der Waals surface area contributed by atoms with Crippen LogP contribution in [0.1, 0.15) is 17.4 Å². The molecule has 0 bridgehead atoms. The fourth-order valence-corrected chi connectivity index (χ4v) is 3.00. The second-order valence-electron chi connectivity index (χ2n) is 4.91. The largest absolute Gasteiger partial charge is 0.456 e. The molecule has 0 spiro atoms. The molecular formula is C15H15FN2O5S. The molecule has 0 aliphatic rings. The van der Waals surface area contributed by atoms with E-state index in [2.05, 4.69) is 9.71 Å². The molecular weight excluding hydrogens is 339 g/mol. The van der Waals surface area contributed by atoms with Gasteiger partial charge in [-0.25, -0.2) is 12.8 Å². The van der Waals surface area contributed by atoms with E-state index in [9.17, 15) is 22.4 Å². The first-order chi connectivity index (χ1) is 11.3. The average molecular weight is 354 g/mol. The van der Waals surface area contributed by atoms with Gasteiger partial charge < -0.3 is 9.72 Å². The van der Waals surface area contributed by atoms with Crippen molar-refractivity contribution in [1.29, 1.82) is 0 Å². The second kappa shape index (κ2) is 7.37. The third-order valence-electron chi connectivity index (χ3n) is 3.05. The first kappa shape index (κ1) is 17.8. The fraction of sp³-hybridized carbons (Fsp3) is 0.200.